The molecule has 106 valence electrons. The standard InChI is InChI=1S/C15H19N3O2/c1-15(10-19)9-5-8-12(15)16-14-17-13(20-18-14)11-6-3-2-4-7-11/h2-4,6-7,12,19H,5,8-10H2,1H3,(H,16,18). The topological polar surface area (TPSA) is 71.2 Å². The van der Waals surface area contributed by atoms with E-state index in [1.54, 1.807) is 0 Å². The fraction of sp³-hybridized carbons (Fsp3) is 0.467. The molecule has 1 heterocycles. The van der Waals surface area contributed by atoms with Crippen molar-refractivity contribution in [3.8, 4) is 11.5 Å². The summed E-state index contributed by atoms with van der Waals surface area (Å²) in [6.07, 6.45) is 3.15. The summed E-state index contributed by atoms with van der Waals surface area (Å²) in [7, 11) is 0. The van der Waals surface area contributed by atoms with E-state index in [1.807, 2.05) is 30.3 Å². The first-order valence-corrected chi connectivity index (χ1v) is 6.98. The summed E-state index contributed by atoms with van der Waals surface area (Å²) in [6.45, 7) is 2.27. The maximum absolute atomic E-state index is 9.55. The fourth-order valence-electron chi connectivity index (χ4n) is 2.80. The lowest BCUT2D eigenvalue weighted by Crippen LogP contribution is -2.36. The van der Waals surface area contributed by atoms with E-state index in [0.717, 1.165) is 24.8 Å². The fourth-order valence-corrected chi connectivity index (χ4v) is 2.80. The minimum Gasteiger partial charge on any atom is -0.396 e. The number of hydrogen-bond donors (Lipinski definition) is 2. The van der Waals surface area contributed by atoms with Crippen molar-refractivity contribution in [2.75, 3.05) is 11.9 Å². The summed E-state index contributed by atoms with van der Waals surface area (Å²) < 4.78 is 5.28. The van der Waals surface area contributed by atoms with Gasteiger partial charge in [0, 0.05) is 17.0 Å². The Labute approximate surface area is 118 Å². The Morgan fingerprint density at radius 2 is 2.20 bits per heavy atom. The van der Waals surface area contributed by atoms with Gasteiger partial charge in [-0.15, -0.1) is 0 Å². The second-order valence-corrected chi connectivity index (χ2v) is 5.69. The number of nitrogens with one attached hydrogen (secondary N) is 1. The minimum atomic E-state index is -0.104. The van der Waals surface area contributed by atoms with Crippen molar-refractivity contribution in [2.24, 2.45) is 5.41 Å². The molecule has 1 aliphatic rings. The van der Waals surface area contributed by atoms with E-state index >= 15 is 0 Å². The molecule has 1 aliphatic carbocycles. The predicted molar refractivity (Wildman–Crippen MR) is 76.2 cm³/mol. The van der Waals surface area contributed by atoms with E-state index in [-0.39, 0.29) is 18.1 Å². The second-order valence-electron chi connectivity index (χ2n) is 5.69. The lowest BCUT2D eigenvalue weighted by atomic mass is 9.86. The smallest absolute Gasteiger partial charge is 0.263 e. The molecule has 2 unspecified atom stereocenters. The van der Waals surface area contributed by atoms with Gasteiger partial charge in [-0.1, -0.05) is 31.5 Å². The van der Waals surface area contributed by atoms with Crippen molar-refractivity contribution in [3.63, 3.8) is 0 Å². The zero-order chi connectivity index (χ0) is 14.0. The molecule has 1 saturated carbocycles. The molecule has 2 N–H and O–H groups in total. The number of aromatic nitrogens is 2. The van der Waals surface area contributed by atoms with Crippen LogP contribution in [-0.4, -0.2) is 27.9 Å². The van der Waals surface area contributed by atoms with Gasteiger partial charge in [0.15, 0.2) is 0 Å². The predicted octanol–water partition coefficient (Wildman–Crippen LogP) is 2.70. The highest BCUT2D eigenvalue weighted by atomic mass is 16.5. The lowest BCUT2D eigenvalue weighted by Gasteiger charge is -2.29. The summed E-state index contributed by atoms with van der Waals surface area (Å²) in [5, 5.41) is 16.8. The van der Waals surface area contributed by atoms with Gasteiger partial charge in [-0.3, -0.25) is 0 Å². The molecule has 0 spiro atoms. The van der Waals surface area contributed by atoms with Crippen LogP contribution in [0.2, 0.25) is 0 Å². The van der Waals surface area contributed by atoms with E-state index in [1.165, 1.54) is 0 Å². The average Bonchev–Trinajstić information content (AvgIpc) is 3.09. The molecule has 2 aromatic rings. The second kappa shape index (κ2) is 5.25. The van der Waals surface area contributed by atoms with Crippen molar-refractivity contribution >= 4 is 5.95 Å². The van der Waals surface area contributed by atoms with E-state index in [2.05, 4.69) is 22.4 Å². The Balaban J connectivity index is 1.75. The van der Waals surface area contributed by atoms with Crippen LogP contribution in [0.15, 0.2) is 34.9 Å². The molecular weight excluding hydrogens is 254 g/mol. The highest BCUT2D eigenvalue weighted by Crippen LogP contribution is 2.38. The first-order chi connectivity index (χ1) is 9.71. The monoisotopic (exact) mass is 273 g/mol. The summed E-state index contributed by atoms with van der Waals surface area (Å²) in [6, 6.07) is 9.88. The Bertz CT molecular complexity index is 570. The summed E-state index contributed by atoms with van der Waals surface area (Å²) >= 11 is 0. The molecule has 1 aromatic heterocycles. The van der Waals surface area contributed by atoms with Gasteiger partial charge in [-0.2, -0.15) is 4.98 Å². The van der Waals surface area contributed by atoms with Crippen LogP contribution >= 0.6 is 0 Å². The van der Waals surface area contributed by atoms with Crippen LogP contribution in [0.4, 0.5) is 5.95 Å². The number of rotatable bonds is 4. The van der Waals surface area contributed by atoms with Gasteiger partial charge in [0.25, 0.3) is 11.8 Å². The first-order valence-electron chi connectivity index (χ1n) is 6.98. The van der Waals surface area contributed by atoms with Crippen molar-refractivity contribution in [2.45, 2.75) is 32.2 Å². The van der Waals surface area contributed by atoms with Gasteiger partial charge in [0.1, 0.15) is 0 Å². The Kier molecular flexibility index (Phi) is 3.44. The van der Waals surface area contributed by atoms with Gasteiger partial charge in [0.2, 0.25) is 0 Å². The number of nitrogens with zero attached hydrogens (tertiary/aromatic N) is 2. The van der Waals surface area contributed by atoms with Gasteiger partial charge >= 0.3 is 0 Å². The molecule has 2 atom stereocenters. The molecule has 0 aliphatic heterocycles. The van der Waals surface area contributed by atoms with E-state index in [4.69, 9.17) is 4.52 Å². The van der Waals surface area contributed by atoms with Crippen LogP contribution in [0.25, 0.3) is 11.5 Å². The van der Waals surface area contributed by atoms with Crippen LogP contribution in [0.3, 0.4) is 0 Å². The number of hydrogen-bond acceptors (Lipinski definition) is 5. The third-order valence-electron chi connectivity index (χ3n) is 4.19. The number of aliphatic hydroxyl groups excluding tert-OH is 1. The molecule has 0 bridgehead atoms. The van der Waals surface area contributed by atoms with E-state index in [9.17, 15) is 5.11 Å². The van der Waals surface area contributed by atoms with E-state index < -0.39 is 0 Å². The molecule has 1 fully saturated rings. The molecule has 5 nitrogen and oxygen atoms in total. The number of anilines is 1. The van der Waals surface area contributed by atoms with Gasteiger partial charge in [-0.25, -0.2) is 0 Å². The molecule has 1 aromatic carbocycles. The summed E-state index contributed by atoms with van der Waals surface area (Å²) in [4.78, 5) is 4.37. The van der Waals surface area contributed by atoms with Crippen LogP contribution in [0, 0.1) is 5.41 Å². The van der Waals surface area contributed by atoms with Crippen molar-refractivity contribution in [1.29, 1.82) is 0 Å². The highest BCUT2D eigenvalue weighted by molar-refractivity contribution is 5.53. The third kappa shape index (κ3) is 2.41. The van der Waals surface area contributed by atoms with Gasteiger partial charge < -0.3 is 14.9 Å². The molecule has 0 radical (unpaired) electrons. The summed E-state index contributed by atoms with van der Waals surface area (Å²) in [5.41, 5.74) is 0.803. The van der Waals surface area contributed by atoms with Crippen LogP contribution < -0.4 is 5.32 Å². The molecular formula is C15H19N3O2. The SMILES string of the molecule is CC1(CO)CCCC1Nc1noc(-c2ccccc2)n1. The van der Waals surface area contributed by atoms with Crippen molar-refractivity contribution in [3.05, 3.63) is 30.3 Å². The van der Waals surface area contributed by atoms with Gasteiger partial charge in [-0.05, 0) is 30.1 Å². The Hall–Kier alpha value is -1.88. The molecule has 3 rings (SSSR count). The Morgan fingerprint density at radius 3 is 2.95 bits per heavy atom. The van der Waals surface area contributed by atoms with Crippen molar-refractivity contribution < 1.29 is 9.63 Å². The minimum absolute atomic E-state index is 0.104. The van der Waals surface area contributed by atoms with Crippen molar-refractivity contribution in [1.82, 2.24) is 10.1 Å². The van der Waals surface area contributed by atoms with Crippen LogP contribution in [-0.2, 0) is 0 Å². The van der Waals surface area contributed by atoms with Gasteiger partial charge in [0.05, 0.1) is 6.61 Å². The zero-order valence-electron chi connectivity index (χ0n) is 11.5. The normalized spacial score (nSPS) is 25.8. The van der Waals surface area contributed by atoms with Crippen LogP contribution in [0.1, 0.15) is 26.2 Å². The molecule has 0 saturated heterocycles. The van der Waals surface area contributed by atoms with E-state index in [0.29, 0.717) is 11.8 Å². The average molecular weight is 273 g/mol. The number of benzene rings is 1. The zero-order valence-corrected chi connectivity index (χ0v) is 11.5. The Morgan fingerprint density at radius 1 is 1.40 bits per heavy atom. The highest BCUT2D eigenvalue weighted by Gasteiger charge is 2.38. The largest absolute Gasteiger partial charge is 0.396 e. The lowest BCUT2D eigenvalue weighted by molar-refractivity contribution is 0.138. The maximum atomic E-state index is 9.55. The number of aliphatic hydroxyl groups is 1. The quantitative estimate of drug-likeness (QED) is 0.896. The third-order valence-corrected chi connectivity index (χ3v) is 4.19. The maximum Gasteiger partial charge on any atom is 0.263 e. The van der Waals surface area contributed by atoms with Crippen LogP contribution in [0.5, 0.6) is 0 Å². The summed E-state index contributed by atoms with van der Waals surface area (Å²) in [5.74, 6) is 1.01. The molecule has 0 amide bonds. The molecule has 20 heavy (non-hydrogen) atoms. The first kappa shape index (κ1) is 13.1. The molecule has 5 heteroatoms.